The second kappa shape index (κ2) is 9.75. The standard InChI is InChI=1S/C22H29ClN2O2/c1-6-9-10-27-19-11-14(4)24-15(5)20(19)22(26)25-21-16(7-2)12-18(23)13-17(21)8-3/h11-13H,6-10H2,1-5H3,(H,25,26). The summed E-state index contributed by atoms with van der Waals surface area (Å²) in [4.78, 5) is 17.6. The van der Waals surface area contributed by atoms with Crippen LogP contribution in [0.5, 0.6) is 5.75 Å². The molecule has 0 aliphatic rings. The molecule has 5 heteroatoms. The predicted octanol–water partition coefficient (Wildman–Crippen LogP) is 5.91. The minimum absolute atomic E-state index is 0.196. The van der Waals surface area contributed by atoms with E-state index in [0.29, 0.717) is 28.6 Å². The van der Waals surface area contributed by atoms with Gasteiger partial charge in [-0.05, 0) is 56.4 Å². The van der Waals surface area contributed by atoms with Crippen LogP contribution < -0.4 is 10.1 Å². The van der Waals surface area contributed by atoms with Crippen LogP contribution in [0.1, 0.15) is 66.5 Å². The Morgan fingerprint density at radius 2 is 1.74 bits per heavy atom. The molecule has 146 valence electrons. The third kappa shape index (κ3) is 5.23. The number of anilines is 1. The minimum atomic E-state index is -0.196. The van der Waals surface area contributed by atoms with Gasteiger partial charge >= 0.3 is 0 Å². The number of hydrogen-bond acceptors (Lipinski definition) is 3. The molecule has 0 atom stereocenters. The van der Waals surface area contributed by atoms with Gasteiger partial charge in [0, 0.05) is 22.5 Å². The summed E-state index contributed by atoms with van der Waals surface area (Å²) in [5, 5.41) is 3.79. The fourth-order valence-corrected chi connectivity index (χ4v) is 3.39. The molecule has 0 unspecified atom stereocenters. The molecular formula is C22H29ClN2O2. The zero-order chi connectivity index (χ0) is 20.0. The summed E-state index contributed by atoms with van der Waals surface area (Å²) >= 11 is 6.23. The number of unbranched alkanes of at least 4 members (excludes halogenated alkanes) is 1. The van der Waals surface area contributed by atoms with Gasteiger partial charge in [-0.15, -0.1) is 0 Å². The molecule has 1 aromatic heterocycles. The van der Waals surface area contributed by atoms with E-state index in [1.807, 2.05) is 32.0 Å². The largest absolute Gasteiger partial charge is 0.493 e. The highest BCUT2D eigenvalue weighted by molar-refractivity contribution is 6.30. The molecule has 0 saturated heterocycles. The van der Waals surface area contributed by atoms with Gasteiger partial charge in [0.25, 0.3) is 5.91 Å². The number of aromatic nitrogens is 1. The third-order valence-corrected chi connectivity index (χ3v) is 4.76. The highest BCUT2D eigenvalue weighted by atomic mass is 35.5. The molecule has 1 aromatic carbocycles. The second-order valence-electron chi connectivity index (χ2n) is 6.68. The highest BCUT2D eigenvalue weighted by Gasteiger charge is 2.20. The average Bonchev–Trinajstić information content (AvgIpc) is 2.62. The van der Waals surface area contributed by atoms with Crippen LogP contribution in [-0.2, 0) is 12.8 Å². The van der Waals surface area contributed by atoms with Gasteiger partial charge in [0.1, 0.15) is 11.3 Å². The fraction of sp³-hybridized carbons (Fsp3) is 0.455. The molecule has 0 spiro atoms. The molecule has 2 rings (SSSR count). The Morgan fingerprint density at radius 3 is 2.30 bits per heavy atom. The minimum Gasteiger partial charge on any atom is -0.493 e. The summed E-state index contributed by atoms with van der Waals surface area (Å²) in [6, 6.07) is 5.66. The molecule has 2 aromatic rings. The Labute approximate surface area is 167 Å². The Morgan fingerprint density at radius 1 is 1.11 bits per heavy atom. The van der Waals surface area contributed by atoms with E-state index < -0.39 is 0 Å². The molecule has 0 saturated carbocycles. The zero-order valence-corrected chi connectivity index (χ0v) is 17.7. The summed E-state index contributed by atoms with van der Waals surface area (Å²) in [5.41, 5.74) is 4.90. The van der Waals surface area contributed by atoms with E-state index in [-0.39, 0.29) is 5.91 Å². The molecule has 0 radical (unpaired) electrons. The Hall–Kier alpha value is -2.07. The lowest BCUT2D eigenvalue weighted by atomic mass is 10.0. The van der Waals surface area contributed by atoms with Crippen LogP contribution in [0.15, 0.2) is 18.2 Å². The maximum Gasteiger partial charge on any atom is 0.261 e. The van der Waals surface area contributed by atoms with E-state index in [1.54, 1.807) is 0 Å². The molecule has 0 aliphatic carbocycles. The number of rotatable bonds is 8. The maximum absolute atomic E-state index is 13.2. The third-order valence-electron chi connectivity index (χ3n) is 4.54. The van der Waals surface area contributed by atoms with Crippen LogP contribution in [0, 0.1) is 13.8 Å². The summed E-state index contributed by atoms with van der Waals surface area (Å²) in [5.74, 6) is 0.397. The smallest absolute Gasteiger partial charge is 0.261 e. The Kier molecular flexibility index (Phi) is 7.66. The predicted molar refractivity (Wildman–Crippen MR) is 112 cm³/mol. The molecule has 1 heterocycles. The van der Waals surface area contributed by atoms with Gasteiger partial charge in [-0.25, -0.2) is 0 Å². The number of nitrogens with one attached hydrogen (secondary N) is 1. The summed E-state index contributed by atoms with van der Waals surface area (Å²) in [7, 11) is 0. The normalized spacial score (nSPS) is 10.7. The van der Waals surface area contributed by atoms with Crippen LogP contribution in [-0.4, -0.2) is 17.5 Å². The molecule has 4 nitrogen and oxygen atoms in total. The van der Waals surface area contributed by atoms with Gasteiger partial charge in [-0.2, -0.15) is 0 Å². The van der Waals surface area contributed by atoms with Gasteiger partial charge in [-0.1, -0.05) is 38.8 Å². The van der Waals surface area contributed by atoms with Gasteiger partial charge in [0.05, 0.1) is 12.3 Å². The van der Waals surface area contributed by atoms with Crippen molar-refractivity contribution >= 4 is 23.2 Å². The summed E-state index contributed by atoms with van der Waals surface area (Å²) < 4.78 is 5.91. The first kappa shape index (κ1) is 21.2. The van der Waals surface area contributed by atoms with E-state index in [0.717, 1.165) is 48.2 Å². The number of carbonyl (C=O) groups is 1. The number of halogens is 1. The molecule has 0 bridgehead atoms. The van der Waals surface area contributed by atoms with Crippen LogP contribution in [0.25, 0.3) is 0 Å². The molecule has 27 heavy (non-hydrogen) atoms. The van der Waals surface area contributed by atoms with Crippen molar-refractivity contribution in [1.82, 2.24) is 4.98 Å². The molecule has 0 fully saturated rings. The SMILES string of the molecule is CCCCOc1cc(C)nc(C)c1C(=O)Nc1c(CC)cc(Cl)cc1CC. The van der Waals surface area contributed by atoms with Crippen LogP contribution in [0.2, 0.25) is 5.02 Å². The number of benzene rings is 1. The van der Waals surface area contributed by atoms with Crippen LogP contribution in [0.3, 0.4) is 0 Å². The van der Waals surface area contributed by atoms with Crippen molar-refractivity contribution in [2.24, 2.45) is 0 Å². The van der Waals surface area contributed by atoms with Crippen molar-refractivity contribution < 1.29 is 9.53 Å². The van der Waals surface area contributed by atoms with E-state index in [1.165, 1.54) is 0 Å². The van der Waals surface area contributed by atoms with E-state index in [4.69, 9.17) is 16.3 Å². The molecule has 1 amide bonds. The number of aryl methyl sites for hydroxylation is 4. The van der Waals surface area contributed by atoms with Gasteiger partial charge in [0.15, 0.2) is 0 Å². The number of hydrogen-bond donors (Lipinski definition) is 1. The number of carbonyl (C=O) groups excluding carboxylic acids is 1. The second-order valence-corrected chi connectivity index (χ2v) is 7.12. The Balaban J connectivity index is 2.41. The quantitative estimate of drug-likeness (QED) is 0.572. The fourth-order valence-electron chi connectivity index (χ4n) is 3.13. The topological polar surface area (TPSA) is 51.2 Å². The first-order valence-electron chi connectivity index (χ1n) is 9.64. The lowest BCUT2D eigenvalue weighted by Gasteiger charge is -2.18. The Bertz CT molecular complexity index is 793. The van der Waals surface area contributed by atoms with Crippen LogP contribution in [0.4, 0.5) is 5.69 Å². The molecule has 1 N–H and O–H groups in total. The maximum atomic E-state index is 13.2. The number of ether oxygens (including phenoxy) is 1. The zero-order valence-electron chi connectivity index (χ0n) is 16.9. The van der Waals surface area contributed by atoms with Crippen molar-refractivity contribution in [3.05, 3.63) is 51.3 Å². The lowest BCUT2D eigenvalue weighted by molar-refractivity contribution is 0.102. The van der Waals surface area contributed by atoms with Crippen molar-refractivity contribution in [2.45, 2.75) is 60.3 Å². The van der Waals surface area contributed by atoms with Crippen molar-refractivity contribution in [3.63, 3.8) is 0 Å². The van der Waals surface area contributed by atoms with Crippen molar-refractivity contribution in [1.29, 1.82) is 0 Å². The highest BCUT2D eigenvalue weighted by Crippen LogP contribution is 2.30. The van der Waals surface area contributed by atoms with E-state index in [2.05, 4.69) is 31.1 Å². The lowest BCUT2D eigenvalue weighted by Crippen LogP contribution is -2.18. The number of amides is 1. The number of nitrogens with zero attached hydrogens (tertiary/aromatic N) is 1. The van der Waals surface area contributed by atoms with Crippen LogP contribution >= 0.6 is 11.6 Å². The summed E-state index contributed by atoms with van der Waals surface area (Å²) in [6.45, 7) is 10.6. The first-order valence-corrected chi connectivity index (χ1v) is 10.0. The number of pyridine rings is 1. The van der Waals surface area contributed by atoms with Gasteiger partial charge in [-0.3, -0.25) is 9.78 Å². The average molecular weight is 389 g/mol. The monoisotopic (exact) mass is 388 g/mol. The first-order chi connectivity index (χ1) is 12.9. The molecular weight excluding hydrogens is 360 g/mol. The van der Waals surface area contributed by atoms with Crippen molar-refractivity contribution in [2.75, 3.05) is 11.9 Å². The van der Waals surface area contributed by atoms with Gasteiger partial charge < -0.3 is 10.1 Å². The van der Waals surface area contributed by atoms with Gasteiger partial charge in [0.2, 0.25) is 0 Å². The molecule has 0 aliphatic heterocycles. The van der Waals surface area contributed by atoms with E-state index in [9.17, 15) is 4.79 Å². The van der Waals surface area contributed by atoms with E-state index >= 15 is 0 Å². The summed E-state index contributed by atoms with van der Waals surface area (Å²) in [6.07, 6.45) is 3.55. The van der Waals surface area contributed by atoms with Crippen molar-refractivity contribution in [3.8, 4) is 5.75 Å².